The van der Waals surface area contributed by atoms with Crippen molar-refractivity contribution in [3.63, 3.8) is 0 Å². The Balaban J connectivity index is 2.25. The van der Waals surface area contributed by atoms with Gasteiger partial charge in [-0.2, -0.15) is 0 Å². The molecule has 0 spiro atoms. The van der Waals surface area contributed by atoms with Crippen LogP contribution in [0.3, 0.4) is 0 Å². The van der Waals surface area contributed by atoms with Crippen LogP contribution < -0.4 is 5.32 Å². The first-order chi connectivity index (χ1) is 4.93. The van der Waals surface area contributed by atoms with E-state index in [-0.39, 0.29) is 0 Å². The maximum Gasteiger partial charge on any atom is 0.0443 e. The van der Waals surface area contributed by atoms with Crippen LogP contribution in [0.4, 0.5) is 0 Å². The summed E-state index contributed by atoms with van der Waals surface area (Å²) in [6.45, 7) is 4.20. The van der Waals surface area contributed by atoms with E-state index >= 15 is 0 Å². The van der Waals surface area contributed by atoms with E-state index in [1.165, 1.54) is 12.1 Å². The molecule has 56 valence electrons. The molecule has 0 saturated heterocycles. The molecule has 1 heterocycles. The predicted octanol–water partition coefficient (Wildman–Crippen LogP) is 1.34. The Bertz CT molecular complexity index is 147. The third-order valence-electron chi connectivity index (χ3n) is 1.49. The van der Waals surface area contributed by atoms with E-state index in [0.717, 1.165) is 19.5 Å². The second-order valence-corrected chi connectivity index (χ2v) is 2.42. The van der Waals surface area contributed by atoms with Crippen LogP contribution in [0.15, 0.2) is 16.8 Å². The molecule has 1 aliphatic rings. The van der Waals surface area contributed by atoms with E-state index < -0.39 is 0 Å². The van der Waals surface area contributed by atoms with Crippen molar-refractivity contribution < 1.29 is 0 Å². The molecular weight excluding hydrogens is 124 g/mol. The summed E-state index contributed by atoms with van der Waals surface area (Å²) in [7, 11) is 0. The number of hydrogen-bond acceptors (Lipinski definition) is 2. The van der Waals surface area contributed by atoms with E-state index in [1.54, 1.807) is 0 Å². The first kappa shape index (κ1) is 7.32. The molecule has 0 radical (unpaired) electrons. The Kier molecular flexibility index (Phi) is 3.00. The average Bonchev–Trinajstić information content (AvgIpc) is 2.03. The van der Waals surface area contributed by atoms with Crippen LogP contribution >= 0.6 is 0 Å². The molecule has 0 aromatic carbocycles. The molecule has 0 aliphatic carbocycles. The monoisotopic (exact) mass is 138 g/mol. The molecule has 0 aromatic heterocycles. The zero-order valence-corrected chi connectivity index (χ0v) is 6.43. The van der Waals surface area contributed by atoms with Crippen LogP contribution in [0, 0.1) is 0 Å². The van der Waals surface area contributed by atoms with Crippen LogP contribution in [-0.4, -0.2) is 19.3 Å². The van der Waals surface area contributed by atoms with Crippen LogP contribution in [0.1, 0.15) is 19.8 Å². The zero-order chi connectivity index (χ0) is 7.23. The quantitative estimate of drug-likeness (QED) is 0.625. The number of hydrogen-bond donors (Lipinski definition) is 1. The fourth-order valence-corrected chi connectivity index (χ4v) is 0.918. The molecule has 0 fully saturated rings. The Morgan fingerprint density at radius 2 is 2.60 bits per heavy atom. The number of rotatable bonds is 3. The molecule has 2 heteroatoms. The fraction of sp³-hybridized carbons (Fsp3) is 0.625. The smallest absolute Gasteiger partial charge is 0.0443 e. The summed E-state index contributed by atoms with van der Waals surface area (Å²) >= 11 is 0. The summed E-state index contributed by atoms with van der Waals surface area (Å²) in [5, 5.41) is 3.34. The van der Waals surface area contributed by atoms with Gasteiger partial charge in [0.2, 0.25) is 0 Å². The Morgan fingerprint density at radius 3 is 3.20 bits per heavy atom. The number of dihydropyridines is 1. The minimum Gasteiger partial charge on any atom is -0.388 e. The van der Waals surface area contributed by atoms with Gasteiger partial charge in [-0.1, -0.05) is 6.92 Å². The van der Waals surface area contributed by atoms with Crippen molar-refractivity contribution in [3.05, 3.63) is 11.8 Å². The molecule has 1 N–H and O–H groups in total. The maximum atomic E-state index is 4.09. The fourth-order valence-electron chi connectivity index (χ4n) is 0.918. The van der Waals surface area contributed by atoms with Gasteiger partial charge in [0.1, 0.15) is 0 Å². The molecule has 1 aliphatic heterocycles. The summed E-state index contributed by atoms with van der Waals surface area (Å²) < 4.78 is 0. The van der Waals surface area contributed by atoms with Crippen molar-refractivity contribution in [1.29, 1.82) is 0 Å². The van der Waals surface area contributed by atoms with E-state index in [0.29, 0.717) is 0 Å². The first-order valence-electron chi connectivity index (χ1n) is 3.86. The second-order valence-electron chi connectivity index (χ2n) is 2.42. The number of nitrogens with zero attached hydrogens (tertiary/aromatic N) is 1. The molecule has 0 unspecified atom stereocenters. The van der Waals surface area contributed by atoms with Gasteiger partial charge >= 0.3 is 0 Å². The molecular formula is C8H14N2. The summed E-state index contributed by atoms with van der Waals surface area (Å²) in [5.74, 6) is 0. The normalized spacial score (nSPS) is 16.7. The topological polar surface area (TPSA) is 24.4 Å². The lowest BCUT2D eigenvalue weighted by Crippen LogP contribution is -2.16. The summed E-state index contributed by atoms with van der Waals surface area (Å²) in [4.78, 5) is 4.09. The Hall–Kier alpha value is -0.790. The van der Waals surface area contributed by atoms with Gasteiger partial charge in [0.25, 0.3) is 0 Å². The highest BCUT2D eigenvalue weighted by atomic mass is 14.9. The van der Waals surface area contributed by atoms with Crippen molar-refractivity contribution in [2.75, 3.05) is 13.1 Å². The van der Waals surface area contributed by atoms with E-state index in [9.17, 15) is 0 Å². The van der Waals surface area contributed by atoms with Gasteiger partial charge in [-0.05, 0) is 12.5 Å². The minimum atomic E-state index is 0.947. The summed E-state index contributed by atoms with van der Waals surface area (Å²) in [5.41, 5.74) is 1.33. The van der Waals surface area contributed by atoms with Crippen LogP contribution in [-0.2, 0) is 0 Å². The molecule has 0 atom stereocenters. The van der Waals surface area contributed by atoms with E-state index in [2.05, 4.69) is 23.3 Å². The van der Waals surface area contributed by atoms with Crippen LogP contribution in [0.25, 0.3) is 0 Å². The van der Waals surface area contributed by atoms with Crippen molar-refractivity contribution in [1.82, 2.24) is 5.32 Å². The summed E-state index contributed by atoms with van der Waals surface area (Å²) in [6.07, 6.45) is 6.20. The predicted molar refractivity (Wildman–Crippen MR) is 44.4 cm³/mol. The third kappa shape index (κ3) is 2.21. The number of allylic oxidation sites excluding steroid dienone is 1. The maximum absolute atomic E-state index is 4.09. The highest BCUT2D eigenvalue weighted by Crippen LogP contribution is 2.00. The van der Waals surface area contributed by atoms with Gasteiger partial charge in [0, 0.05) is 31.4 Å². The summed E-state index contributed by atoms with van der Waals surface area (Å²) in [6, 6.07) is 0. The first-order valence-corrected chi connectivity index (χ1v) is 3.86. The highest BCUT2D eigenvalue weighted by molar-refractivity contribution is 5.72. The van der Waals surface area contributed by atoms with Gasteiger partial charge < -0.3 is 5.32 Å². The van der Waals surface area contributed by atoms with Gasteiger partial charge in [-0.3, -0.25) is 4.99 Å². The van der Waals surface area contributed by atoms with Crippen LogP contribution in [0.2, 0.25) is 0 Å². The van der Waals surface area contributed by atoms with Gasteiger partial charge in [0.15, 0.2) is 0 Å². The highest BCUT2D eigenvalue weighted by Gasteiger charge is 1.96. The number of aliphatic imine (C=N–C) groups is 1. The average molecular weight is 138 g/mol. The largest absolute Gasteiger partial charge is 0.388 e. The standard InChI is InChI=1S/C8H14N2/c1-2-5-10-8-3-6-9-7-4-8/h3,6,10H,2,4-5,7H2,1H3. The molecule has 0 aromatic rings. The van der Waals surface area contributed by atoms with Gasteiger partial charge in [0.05, 0.1) is 0 Å². The third-order valence-corrected chi connectivity index (χ3v) is 1.49. The molecule has 0 saturated carbocycles. The van der Waals surface area contributed by atoms with Crippen molar-refractivity contribution >= 4 is 6.21 Å². The lowest BCUT2D eigenvalue weighted by Gasteiger charge is -2.09. The second kappa shape index (κ2) is 4.09. The van der Waals surface area contributed by atoms with Crippen molar-refractivity contribution in [2.24, 2.45) is 4.99 Å². The Morgan fingerprint density at radius 1 is 1.70 bits per heavy atom. The molecule has 0 bridgehead atoms. The SMILES string of the molecule is CCCNC1=CC=NCC1. The van der Waals surface area contributed by atoms with Crippen molar-refractivity contribution in [3.8, 4) is 0 Å². The Labute approximate surface area is 62.0 Å². The van der Waals surface area contributed by atoms with Gasteiger partial charge in [-0.25, -0.2) is 0 Å². The van der Waals surface area contributed by atoms with E-state index in [1.807, 2.05) is 6.21 Å². The lowest BCUT2D eigenvalue weighted by atomic mass is 10.2. The van der Waals surface area contributed by atoms with Crippen LogP contribution in [0.5, 0.6) is 0 Å². The molecule has 10 heavy (non-hydrogen) atoms. The van der Waals surface area contributed by atoms with Gasteiger partial charge in [-0.15, -0.1) is 0 Å². The molecule has 1 rings (SSSR count). The number of nitrogens with one attached hydrogen (secondary N) is 1. The molecule has 0 amide bonds. The lowest BCUT2D eigenvalue weighted by molar-refractivity contribution is 0.725. The molecule has 2 nitrogen and oxygen atoms in total. The minimum absolute atomic E-state index is 0.947. The van der Waals surface area contributed by atoms with E-state index in [4.69, 9.17) is 0 Å². The zero-order valence-electron chi connectivity index (χ0n) is 6.43. The van der Waals surface area contributed by atoms with Crippen molar-refractivity contribution in [2.45, 2.75) is 19.8 Å².